The third-order valence-corrected chi connectivity index (χ3v) is 4.66. The van der Waals surface area contributed by atoms with Gasteiger partial charge in [0, 0.05) is 17.8 Å². The van der Waals surface area contributed by atoms with Gasteiger partial charge in [-0.1, -0.05) is 54.6 Å². The fourth-order valence-corrected chi connectivity index (χ4v) is 3.40. The Balaban J connectivity index is 1.68. The third-order valence-electron chi connectivity index (χ3n) is 4.66. The molecule has 0 fully saturated rings. The lowest BCUT2D eigenvalue weighted by Gasteiger charge is -2.27. The molecule has 3 aromatic rings. The van der Waals surface area contributed by atoms with Gasteiger partial charge in [0.2, 0.25) is 0 Å². The average molecular weight is 357 g/mol. The van der Waals surface area contributed by atoms with E-state index in [1.165, 1.54) is 0 Å². The molecule has 27 heavy (non-hydrogen) atoms. The molecule has 1 N–H and O–H groups in total. The van der Waals surface area contributed by atoms with Crippen molar-refractivity contribution in [1.29, 1.82) is 0 Å². The molecule has 4 rings (SSSR count). The number of nitrogens with zero attached hydrogens (tertiary/aromatic N) is 2. The van der Waals surface area contributed by atoms with E-state index in [0.717, 1.165) is 16.8 Å². The normalized spacial score (nSPS) is 14.0. The summed E-state index contributed by atoms with van der Waals surface area (Å²) >= 11 is 0. The zero-order chi connectivity index (χ0) is 18.8. The van der Waals surface area contributed by atoms with Gasteiger partial charge in [-0.05, 0) is 36.2 Å². The lowest BCUT2D eigenvalue weighted by molar-refractivity contribution is -0.120. The Labute approximate surface area is 157 Å². The molecule has 2 amide bonds. The molecule has 5 heteroatoms. The first-order chi connectivity index (χ1) is 13.1. The van der Waals surface area contributed by atoms with Gasteiger partial charge in [0.05, 0.1) is 0 Å². The van der Waals surface area contributed by atoms with Crippen LogP contribution in [0.3, 0.4) is 0 Å². The number of amides is 2. The van der Waals surface area contributed by atoms with Crippen molar-refractivity contribution in [3.63, 3.8) is 0 Å². The highest BCUT2D eigenvalue weighted by Crippen LogP contribution is 2.32. The van der Waals surface area contributed by atoms with Crippen molar-refractivity contribution in [2.75, 3.05) is 5.32 Å². The van der Waals surface area contributed by atoms with Crippen LogP contribution >= 0.6 is 0 Å². The summed E-state index contributed by atoms with van der Waals surface area (Å²) in [6.07, 6.45) is 0. The van der Waals surface area contributed by atoms with E-state index >= 15 is 0 Å². The van der Waals surface area contributed by atoms with E-state index in [4.69, 9.17) is 0 Å². The minimum absolute atomic E-state index is 0.133. The topological polar surface area (TPSA) is 62.3 Å². The molecule has 2 heterocycles. The number of nitrogens with one attached hydrogen (secondary N) is 1. The molecule has 1 aromatic heterocycles. The molecular weight excluding hydrogens is 338 g/mol. The summed E-state index contributed by atoms with van der Waals surface area (Å²) in [4.78, 5) is 32.1. The Kier molecular flexibility index (Phi) is 4.42. The number of fused-ring (bicyclic) bond motifs is 1. The second-order valence-corrected chi connectivity index (χ2v) is 6.56. The van der Waals surface area contributed by atoms with Crippen LogP contribution in [0.2, 0.25) is 0 Å². The summed E-state index contributed by atoms with van der Waals surface area (Å²) < 4.78 is 0. The number of anilines is 1. The smallest absolute Gasteiger partial charge is 0.255 e. The maximum atomic E-state index is 13.2. The van der Waals surface area contributed by atoms with Crippen LogP contribution in [-0.4, -0.2) is 21.7 Å². The van der Waals surface area contributed by atoms with Crippen LogP contribution in [0, 0.1) is 6.92 Å². The highest BCUT2D eigenvalue weighted by atomic mass is 16.2. The first kappa shape index (κ1) is 17.0. The largest absolute Gasteiger partial charge is 0.318 e. The van der Waals surface area contributed by atoms with E-state index in [1.54, 1.807) is 17.0 Å². The molecule has 2 aromatic carbocycles. The monoisotopic (exact) mass is 357 g/mol. The van der Waals surface area contributed by atoms with Crippen molar-refractivity contribution < 1.29 is 9.59 Å². The van der Waals surface area contributed by atoms with Gasteiger partial charge in [-0.15, -0.1) is 0 Å². The fraction of sp³-hybridized carbons (Fsp3) is 0.136. The highest BCUT2D eigenvalue weighted by molar-refractivity contribution is 6.03. The number of pyridine rings is 1. The van der Waals surface area contributed by atoms with Crippen LogP contribution in [-0.2, 0) is 11.3 Å². The molecule has 0 radical (unpaired) electrons. The van der Waals surface area contributed by atoms with Gasteiger partial charge in [0.25, 0.3) is 11.8 Å². The standard InChI is InChI=1S/C22H19N3O2/c1-15-8-7-13-19(23-15)24-21(26)20(16-9-3-2-4-10-16)25-14-17-11-5-6-12-18(17)22(25)27/h2-13,20H,14H2,1H3,(H,23,24,26)/t20-/m1/s1. The minimum atomic E-state index is -0.728. The zero-order valence-corrected chi connectivity index (χ0v) is 14.9. The third kappa shape index (κ3) is 3.31. The van der Waals surface area contributed by atoms with Gasteiger partial charge in [-0.3, -0.25) is 9.59 Å². The van der Waals surface area contributed by atoms with Gasteiger partial charge in [-0.2, -0.15) is 0 Å². The van der Waals surface area contributed by atoms with Crippen molar-refractivity contribution in [1.82, 2.24) is 9.88 Å². The van der Waals surface area contributed by atoms with Crippen LogP contribution in [0.4, 0.5) is 5.82 Å². The van der Waals surface area contributed by atoms with Crippen LogP contribution in [0.1, 0.15) is 33.2 Å². The molecule has 0 unspecified atom stereocenters. The Hall–Kier alpha value is -3.47. The van der Waals surface area contributed by atoms with Crippen LogP contribution in [0.15, 0.2) is 72.8 Å². The summed E-state index contributed by atoms with van der Waals surface area (Å²) in [7, 11) is 0. The highest BCUT2D eigenvalue weighted by Gasteiger charge is 2.37. The quantitative estimate of drug-likeness (QED) is 0.774. The first-order valence-electron chi connectivity index (χ1n) is 8.82. The van der Waals surface area contributed by atoms with Gasteiger partial charge in [-0.25, -0.2) is 4.98 Å². The number of aromatic nitrogens is 1. The van der Waals surface area contributed by atoms with E-state index in [-0.39, 0.29) is 11.8 Å². The zero-order valence-electron chi connectivity index (χ0n) is 14.9. The average Bonchev–Trinajstić information content (AvgIpc) is 3.00. The summed E-state index contributed by atoms with van der Waals surface area (Å²) in [5, 5.41) is 2.86. The van der Waals surface area contributed by atoms with E-state index in [1.807, 2.05) is 67.6 Å². The number of hydrogen-bond donors (Lipinski definition) is 1. The van der Waals surface area contributed by atoms with Crippen LogP contribution in [0.5, 0.6) is 0 Å². The second-order valence-electron chi connectivity index (χ2n) is 6.56. The summed E-state index contributed by atoms with van der Waals surface area (Å²) in [6.45, 7) is 2.27. The molecule has 0 saturated carbocycles. The number of carbonyl (C=O) groups excluding carboxylic acids is 2. The number of hydrogen-bond acceptors (Lipinski definition) is 3. The number of rotatable bonds is 4. The van der Waals surface area contributed by atoms with Gasteiger partial charge >= 0.3 is 0 Å². The molecule has 0 saturated heterocycles. The molecule has 1 aliphatic rings. The maximum Gasteiger partial charge on any atom is 0.255 e. The van der Waals surface area contributed by atoms with Crippen LogP contribution in [0.25, 0.3) is 0 Å². The van der Waals surface area contributed by atoms with Gasteiger partial charge in [0.15, 0.2) is 0 Å². The Morgan fingerprint density at radius 2 is 1.74 bits per heavy atom. The maximum absolute atomic E-state index is 13.2. The van der Waals surface area contributed by atoms with Crippen molar-refractivity contribution in [3.05, 3.63) is 95.2 Å². The predicted octanol–water partition coefficient (Wildman–Crippen LogP) is 3.73. The van der Waals surface area contributed by atoms with E-state index in [9.17, 15) is 9.59 Å². The van der Waals surface area contributed by atoms with Gasteiger partial charge < -0.3 is 10.2 Å². The van der Waals surface area contributed by atoms with Gasteiger partial charge in [0.1, 0.15) is 11.9 Å². The summed E-state index contributed by atoms with van der Waals surface area (Å²) in [5.74, 6) is 0.0670. The van der Waals surface area contributed by atoms with E-state index < -0.39 is 6.04 Å². The SMILES string of the molecule is Cc1cccc(NC(=O)[C@@H](c2ccccc2)N2Cc3ccccc3C2=O)n1. The molecular formula is C22H19N3O2. The Morgan fingerprint density at radius 3 is 2.48 bits per heavy atom. The fourth-order valence-electron chi connectivity index (χ4n) is 3.40. The Bertz CT molecular complexity index is 1000. The Morgan fingerprint density at radius 1 is 1.00 bits per heavy atom. The summed E-state index contributed by atoms with van der Waals surface area (Å²) in [6, 6.07) is 21.6. The molecule has 0 aliphatic carbocycles. The first-order valence-corrected chi connectivity index (χ1v) is 8.82. The summed E-state index contributed by atoms with van der Waals surface area (Å²) in [5.41, 5.74) is 3.17. The minimum Gasteiger partial charge on any atom is -0.318 e. The lowest BCUT2D eigenvalue weighted by Crippen LogP contribution is -2.37. The van der Waals surface area contributed by atoms with E-state index in [0.29, 0.717) is 17.9 Å². The van der Waals surface area contributed by atoms with Crippen molar-refractivity contribution >= 4 is 17.6 Å². The molecule has 134 valence electrons. The van der Waals surface area contributed by atoms with Crippen LogP contribution < -0.4 is 5.32 Å². The molecule has 5 nitrogen and oxygen atoms in total. The van der Waals surface area contributed by atoms with Crippen molar-refractivity contribution in [2.24, 2.45) is 0 Å². The van der Waals surface area contributed by atoms with Crippen molar-refractivity contribution in [3.8, 4) is 0 Å². The predicted molar refractivity (Wildman–Crippen MR) is 103 cm³/mol. The van der Waals surface area contributed by atoms with E-state index in [2.05, 4.69) is 10.3 Å². The second kappa shape index (κ2) is 7.03. The lowest BCUT2D eigenvalue weighted by atomic mass is 10.0. The molecule has 1 aliphatic heterocycles. The molecule has 0 bridgehead atoms. The molecule has 1 atom stereocenters. The number of carbonyl (C=O) groups is 2. The number of aryl methyl sites for hydroxylation is 1. The molecule has 0 spiro atoms. The number of benzene rings is 2. The van der Waals surface area contributed by atoms with Crippen molar-refractivity contribution in [2.45, 2.75) is 19.5 Å².